The average Bonchev–Trinajstić information content (AvgIpc) is 1.87. The Morgan fingerprint density at radius 3 is 2.60 bits per heavy atom. The van der Waals surface area contributed by atoms with Crippen LogP contribution >= 0.6 is 0 Å². The third kappa shape index (κ3) is 7.99. The van der Waals surface area contributed by atoms with Gasteiger partial charge >= 0.3 is 0 Å². The summed E-state index contributed by atoms with van der Waals surface area (Å²) in [6.45, 7) is 1.46. The van der Waals surface area contributed by atoms with Crippen LogP contribution in [-0.2, 0) is 11.3 Å². The lowest BCUT2D eigenvalue weighted by molar-refractivity contribution is 0.293. The van der Waals surface area contributed by atoms with E-state index < -0.39 is 11.3 Å². The second kappa shape index (κ2) is 7.10. The Bertz CT molecular complexity index is 101. The van der Waals surface area contributed by atoms with Crippen LogP contribution in [0.15, 0.2) is 0 Å². The van der Waals surface area contributed by atoms with E-state index in [2.05, 4.69) is 10.0 Å². The van der Waals surface area contributed by atoms with Crippen molar-refractivity contribution in [2.24, 2.45) is 0 Å². The fourth-order valence-electron chi connectivity index (χ4n) is 0.427. The third-order valence-corrected chi connectivity index (χ3v) is 1.25. The van der Waals surface area contributed by atoms with Crippen molar-refractivity contribution in [3.05, 3.63) is 0 Å². The summed E-state index contributed by atoms with van der Waals surface area (Å²) in [4.78, 5) is 0. The molecule has 0 aromatic carbocycles. The van der Waals surface area contributed by atoms with Crippen molar-refractivity contribution in [1.82, 2.24) is 10.0 Å². The molecule has 0 aliphatic rings. The van der Waals surface area contributed by atoms with Gasteiger partial charge in [-0.2, -0.15) is 0 Å². The molecule has 0 aromatic heterocycles. The molecule has 5 nitrogen and oxygen atoms in total. The van der Waals surface area contributed by atoms with Crippen LogP contribution in [0.1, 0.15) is 0 Å². The number of aliphatic hydroxyl groups is 1. The topological polar surface area (TPSA) is 84.4 Å². The maximum atomic E-state index is 9.84. The highest BCUT2D eigenvalue weighted by atomic mass is 32.2. The van der Waals surface area contributed by atoms with Gasteiger partial charge in [-0.3, -0.25) is 4.21 Å². The minimum Gasteiger partial charge on any atom is -0.760 e. The van der Waals surface area contributed by atoms with E-state index in [0.29, 0.717) is 19.6 Å². The zero-order chi connectivity index (χ0) is 7.82. The van der Waals surface area contributed by atoms with Crippen LogP contribution in [0.5, 0.6) is 0 Å². The molecule has 0 aliphatic carbocycles. The van der Waals surface area contributed by atoms with Crippen LogP contribution in [0.2, 0.25) is 0 Å². The van der Waals surface area contributed by atoms with Gasteiger partial charge in [0.05, 0.1) is 6.61 Å². The maximum Gasteiger partial charge on any atom is 0.0555 e. The summed E-state index contributed by atoms with van der Waals surface area (Å²) in [5, 5.41) is 11.1. The number of hydrogen-bond donors (Lipinski definition) is 3. The Labute approximate surface area is 62.2 Å². The van der Waals surface area contributed by atoms with Crippen LogP contribution < -0.4 is 10.0 Å². The van der Waals surface area contributed by atoms with Crippen LogP contribution in [0.25, 0.3) is 0 Å². The van der Waals surface area contributed by atoms with Gasteiger partial charge in [0.15, 0.2) is 0 Å². The van der Waals surface area contributed by atoms with Crippen molar-refractivity contribution in [3.8, 4) is 0 Å². The summed E-state index contributed by atoms with van der Waals surface area (Å²) in [7, 11) is 0. The molecule has 0 aliphatic heterocycles. The van der Waals surface area contributed by atoms with Crippen molar-refractivity contribution in [1.29, 1.82) is 0 Å². The van der Waals surface area contributed by atoms with Gasteiger partial charge in [0, 0.05) is 30.9 Å². The van der Waals surface area contributed by atoms with E-state index in [0.717, 1.165) is 0 Å². The predicted octanol–water partition coefficient (Wildman–Crippen LogP) is -2.05. The van der Waals surface area contributed by atoms with Crippen LogP contribution in [0, 0.1) is 0 Å². The highest BCUT2D eigenvalue weighted by Gasteiger charge is 1.84. The highest BCUT2D eigenvalue weighted by Crippen LogP contribution is 1.62. The van der Waals surface area contributed by atoms with E-state index >= 15 is 0 Å². The van der Waals surface area contributed by atoms with Crippen LogP contribution in [-0.4, -0.2) is 40.1 Å². The molecule has 1 unspecified atom stereocenters. The summed E-state index contributed by atoms with van der Waals surface area (Å²) >= 11 is -2.17. The molecule has 0 bridgehead atoms. The molecule has 10 heavy (non-hydrogen) atoms. The average molecular weight is 167 g/mol. The van der Waals surface area contributed by atoms with Gasteiger partial charge in [0.25, 0.3) is 0 Å². The molecule has 0 saturated carbocycles. The number of aliphatic hydroxyl groups excluding tert-OH is 1. The zero-order valence-electron chi connectivity index (χ0n) is 5.50. The van der Waals surface area contributed by atoms with E-state index in [1.54, 1.807) is 0 Å². The molecule has 0 heterocycles. The number of nitrogens with one attached hydrogen (secondary N) is 2. The van der Waals surface area contributed by atoms with Gasteiger partial charge < -0.3 is 15.0 Å². The minimum atomic E-state index is -2.17. The minimum absolute atomic E-state index is 0.0699. The summed E-state index contributed by atoms with van der Waals surface area (Å²) < 4.78 is 21.9. The normalized spacial score (nSPS) is 13.4. The molecule has 1 atom stereocenters. The first-order valence-corrected chi connectivity index (χ1v) is 3.99. The molecule has 0 fully saturated rings. The number of hydrogen-bond acceptors (Lipinski definition) is 4. The Morgan fingerprint density at radius 2 is 2.10 bits per heavy atom. The summed E-state index contributed by atoms with van der Waals surface area (Å²) in [5.74, 6) is 0. The first kappa shape index (κ1) is 9.99. The van der Waals surface area contributed by atoms with Crippen LogP contribution in [0.3, 0.4) is 0 Å². The first-order valence-electron chi connectivity index (χ1n) is 2.91. The SMILES string of the molecule is O=S([O-])NCCNCCO. The lowest BCUT2D eigenvalue weighted by Crippen LogP contribution is -2.29. The Balaban J connectivity index is 2.84. The van der Waals surface area contributed by atoms with Gasteiger partial charge in [-0.15, -0.1) is 0 Å². The van der Waals surface area contributed by atoms with Gasteiger partial charge in [0.2, 0.25) is 0 Å². The molecular weight excluding hydrogens is 156 g/mol. The molecule has 0 rings (SSSR count). The van der Waals surface area contributed by atoms with Gasteiger partial charge in [-0.25, -0.2) is 4.72 Å². The molecule has 3 N–H and O–H groups in total. The lowest BCUT2D eigenvalue weighted by atomic mass is 10.6. The van der Waals surface area contributed by atoms with Crippen molar-refractivity contribution in [3.63, 3.8) is 0 Å². The van der Waals surface area contributed by atoms with Gasteiger partial charge in [0.1, 0.15) is 0 Å². The Morgan fingerprint density at radius 1 is 1.40 bits per heavy atom. The van der Waals surface area contributed by atoms with Gasteiger partial charge in [-0.05, 0) is 0 Å². The van der Waals surface area contributed by atoms with E-state index in [1.165, 1.54) is 0 Å². The third-order valence-electron chi connectivity index (χ3n) is 0.810. The summed E-state index contributed by atoms with van der Waals surface area (Å²) in [5.41, 5.74) is 0. The van der Waals surface area contributed by atoms with Gasteiger partial charge in [-0.1, -0.05) is 0 Å². The monoisotopic (exact) mass is 167 g/mol. The largest absolute Gasteiger partial charge is 0.760 e. The predicted molar refractivity (Wildman–Crippen MR) is 36.9 cm³/mol. The first-order chi connectivity index (χ1) is 4.77. The summed E-state index contributed by atoms with van der Waals surface area (Å²) in [6, 6.07) is 0. The van der Waals surface area contributed by atoms with E-state index in [4.69, 9.17) is 5.11 Å². The highest BCUT2D eigenvalue weighted by molar-refractivity contribution is 7.77. The van der Waals surface area contributed by atoms with E-state index in [-0.39, 0.29) is 6.61 Å². The molecule has 62 valence electrons. The quantitative estimate of drug-likeness (QED) is 0.314. The van der Waals surface area contributed by atoms with Crippen LogP contribution in [0.4, 0.5) is 0 Å². The van der Waals surface area contributed by atoms with Crippen molar-refractivity contribution < 1.29 is 13.9 Å². The molecule has 6 heteroatoms. The Hall–Kier alpha value is -0.0100. The van der Waals surface area contributed by atoms with Crippen molar-refractivity contribution >= 4 is 11.3 Å². The van der Waals surface area contributed by atoms with E-state index in [9.17, 15) is 8.76 Å². The number of rotatable bonds is 6. The molecular formula is C4H11N2O3S-. The molecule has 0 saturated heterocycles. The smallest absolute Gasteiger partial charge is 0.0555 e. The second-order valence-electron chi connectivity index (χ2n) is 1.60. The Kier molecular flexibility index (Phi) is 7.09. The van der Waals surface area contributed by atoms with Crippen molar-refractivity contribution in [2.75, 3.05) is 26.2 Å². The lowest BCUT2D eigenvalue weighted by Gasteiger charge is -2.06. The fraction of sp³-hybridized carbons (Fsp3) is 1.00. The fourth-order valence-corrected chi connectivity index (χ4v) is 0.696. The molecule has 0 aromatic rings. The zero-order valence-corrected chi connectivity index (χ0v) is 6.32. The standard InChI is InChI=1S/C4H12N2O3S/c7-4-3-5-1-2-6-10(8)9/h5-7H,1-4H2,(H,8,9)/p-1. The summed E-state index contributed by atoms with van der Waals surface area (Å²) in [6.07, 6.45) is 0. The van der Waals surface area contributed by atoms with E-state index in [1.807, 2.05) is 0 Å². The maximum absolute atomic E-state index is 9.84. The second-order valence-corrected chi connectivity index (χ2v) is 2.36. The molecule has 0 spiro atoms. The molecule has 0 amide bonds. The van der Waals surface area contributed by atoms with Crippen molar-refractivity contribution in [2.45, 2.75) is 0 Å². The molecule has 0 radical (unpaired) electrons.